The summed E-state index contributed by atoms with van der Waals surface area (Å²) in [5, 5.41) is 4.52. The number of alkyl halides is 3. The monoisotopic (exact) mass is 481 g/mol. The summed E-state index contributed by atoms with van der Waals surface area (Å²) in [6, 6.07) is 11.3. The molecule has 4 rings (SSSR count). The van der Waals surface area contributed by atoms with Crippen molar-refractivity contribution in [3.8, 4) is 11.3 Å². The molecule has 9 heteroatoms. The molecular weight excluding hydrogens is 471 g/mol. The summed E-state index contributed by atoms with van der Waals surface area (Å²) >= 11 is 6.22. The molecule has 0 unspecified atom stereocenters. The first-order valence-corrected chi connectivity index (χ1v) is 10.5. The number of rotatable bonds is 4. The third-order valence-electron chi connectivity index (χ3n) is 3.98. The molecule has 0 aliphatic rings. The molecule has 0 aliphatic carbocycles. The smallest absolute Gasteiger partial charge is 0.302 e. The van der Waals surface area contributed by atoms with Crippen LogP contribution in [-0.2, 0) is 6.18 Å². The van der Waals surface area contributed by atoms with Crippen molar-refractivity contribution in [1.29, 1.82) is 0 Å². The molecule has 4 aromatic rings. The Balaban J connectivity index is 1.68. The van der Waals surface area contributed by atoms with Gasteiger partial charge in [-0.1, -0.05) is 28.1 Å². The molecule has 0 amide bonds. The first kappa shape index (κ1) is 19.2. The highest BCUT2D eigenvalue weighted by Crippen LogP contribution is 2.38. The molecule has 0 spiro atoms. The molecule has 0 saturated carbocycles. The number of hydrogen-bond donors (Lipinski definition) is 1. The zero-order chi connectivity index (χ0) is 19.7. The van der Waals surface area contributed by atoms with E-state index in [1.165, 1.54) is 29.4 Å². The van der Waals surface area contributed by atoms with Crippen LogP contribution in [0.4, 0.5) is 18.3 Å². The molecular formula is C19H11BrF3N3S2. The minimum Gasteiger partial charge on any atom is -0.302 e. The van der Waals surface area contributed by atoms with Gasteiger partial charge in [-0.15, -0.1) is 11.3 Å². The van der Waals surface area contributed by atoms with Crippen molar-refractivity contribution in [2.24, 2.45) is 0 Å². The molecule has 1 N–H and O–H groups in total. The van der Waals surface area contributed by atoms with E-state index in [9.17, 15) is 13.2 Å². The third kappa shape index (κ3) is 4.01. The lowest BCUT2D eigenvalue weighted by Crippen LogP contribution is -2.04. The van der Waals surface area contributed by atoms with Crippen LogP contribution in [0.5, 0.6) is 0 Å². The Morgan fingerprint density at radius 3 is 2.57 bits per heavy atom. The van der Waals surface area contributed by atoms with Crippen LogP contribution in [0.15, 0.2) is 69.6 Å². The fourth-order valence-electron chi connectivity index (χ4n) is 2.69. The van der Waals surface area contributed by atoms with Crippen LogP contribution < -0.4 is 4.72 Å². The van der Waals surface area contributed by atoms with Crippen molar-refractivity contribution in [2.45, 2.75) is 11.1 Å². The fourth-order valence-corrected chi connectivity index (χ4v) is 4.53. The number of benzene rings is 2. The van der Waals surface area contributed by atoms with E-state index >= 15 is 0 Å². The molecule has 0 bridgehead atoms. The average molecular weight is 482 g/mol. The Morgan fingerprint density at radius 2 is 1.86 bits per heavy atom. The van der Waals surface area contributed by atoms with Gasteiger partial charge in [0, 0.05) is 38.1 Å². The second kappa shape index (κ2) is 7.73. The highest BCUT2D eigenvalue weighted by atomic mass is 79.9. The summed E-state index contributed by atoms with van der Waals surface area (Å²) in [4.78, 5) is 9.57. The van der Waals surface area contributed by atoms with E-state index in [-0.39, 0.29) is 0 Å². The number of thiazole rings is 1. The van der Waals surface area contributed by atoms with Gasteiger partial charge in [-0.2, -0.15) is 13.2 Å². The quantitative estimate of drug-likeness (QED) is 0.311. The topological polar surface area (TPSA) is 37.8 Å². The maximum Gasteiger partial charge on any atom is 0.416 e. The number of hydrogen-bond acceptors (Lipinski definition) is 5. The minimum absolute atomic E-state index is 0.353. The largest absolute Gasteiger partial charge is 0.416 e. The van der Waals surface area contributed by atoms with Crippen molar-refractivity contribution in [2.75, 3.05) is 4.72 Å². The van der Waals surface area contributed by atoms with E-state index in [0.717, 1.165) is 32.9 Å². The van der Waals surface area contributed by atoms with Crippen molar-refractivity contribution < 1.29 is 13.2 Å². The van der Waals surface area contributed by atoms with Crippen molar-refractivity contribution in [3.63, 3.8) is 0 Å². The van der Waals surface area contributed by atoms with E-state index < -0.39 is 11.7 Å². The lowest BCUT2D eigenvalue weighted by Gasteiger charge is -2.12. The second-order valence-corrected chi connectivity index (χ2v) is 8.40. The second-order valence-electron chi connectivity index (χ2n) is 5.78. The third-order valence-corrected chi connectivity index (χ3v) is 6.23. The summed E-state index contributed by atoms with van der Waals surface area (Å²) in [5.41, 5.74) is 0.540. The molecule has 2 heterocycles. The first-order valence-electron chi connectivity index (χ1n) is 8.00. The highest BCUT2D eigenvalue weighted by molar-refractivity contribution is 9.10. The number of nitrogens with zero attached hydrogens (tertiary/aromatic N) is 2. The van der Waals surface area contributed by atoms with Gasteiger partial charge in [0.1, 0.15) is 0 Å². The lowest BCUT2D eigenvalue weighted by molar-refractivity contribution is -0.137. The van der Waals surface area contributed by atoms with Gasteiger partial charge in [-0.05, 0) is 47.7 Å². The predicted octanol–water partition coefficient (Wildman–Crippen LogP) is 7.26. The van der Waals surface area contributed by atoms with Gasteiger partial charge in [0.25, 0.3) is 0 Å². The Bertz CT molecular complexity index is 1130. The Kier molecular flexibility index (Phi) is 5.31. The summed E-state index contributed by atoms with van der Waals surface area (Å²) in [7, 11) is 0. The molecule has 2 aromatic heterocycles. The van der Waals surface area contributed by atoms with Gasteiger partial charge in [0.15, 0.2) is 5.13 Å². The minimum atomic E-state index is -4.39. The van der Waals surface area contributed by atoms with E-state index in [1.807, 2.05) is 29.6 Å². The molecule has 0 fully saturated rings. The maximum absolute atomic E-state index is 12.9. The fraction of sp³-hybridized carbons (Fsp3) is 0.0526. The molecule has 3 nitrogen and oxygen atoms in total. The van der Waals surface area contributed by atoms with Gasteiger partial charge in [-0.25, -0.2) is 4.98 Å². The molecule has 0 aliphatic heterocycles. The summed E-state index contributed by atoms with van der Waals surface area (Å²) < 4.78 is 42.3. The van der Waals surface area contributed by atoms with Crippen LogP contribution in [0.2, 0.25) is 0 Å². The van der Waals surface area contributed by atoms with E-state index in [2.05, 4.69) is 30.6 Å². The van der Waals surface area contributed by atoms with Crippen LogP contribution in [0.25, 0.3) is 22.0 Å². The van der Waals surface area contributed by atoms with Crippen LogP contribution in [0.3, 0.4) is 0 Å². The standard InChI is InChI=1S/C19H11BrF3N3S2/c20-16-10-12(19(21,22)23)1-3-15(16)17-14-4-2-13(9-11(14)5-6-24-17)28-26-18-25-7-8-27-18/h1-10H,(H,25,26). The van der Waals surface area contributed by atoms with Crippen molar-refractivity contribution in [3.05, 3.63) is 70.3 Å². The van der Waals surface area contributed by atoms with Crippen LogP contribution in [0.1, 0.15) is 5.56 Å². The van der Waals surface area contributed by atoms with Crippen LogP contribution in [-0.4, -0.2) is 9.97 Å². The van der Waals surface area contributed by atoms with Gasteiger partial charge >= 0.3 is 6.18 Å². The predicted molar refractivity (Wildman–Crippen MR) is 111 cm³/mol. The van der Waals surface area contributed by atoms with E-state index in [0.29, 0.717) is 15.7 Å². The zero-order valence-electron chi connectivity index (χ0n) is 14.0. The Hall–Kier alpha value is -2.10. The molecule has 28 heavy (non-hydrogen) atoms. The number of aromatic nitrogens is 2. The van der Waals surface area contributed by atoms with Gasteiger partial charge in [-0.3, -0.25) is 4.98 Å². The normalized spacial score (nSPS) is 11.7. The van der Waals surface area contributed by atoms with E-state index in [1.54, 1.807) is 12.4 Å². The average Bonchev–Trinajstić information content (AvgIpc) is 3.18. The van der Waals surface area contributed by atoms with Gasteiger partial charge in [0.05, 0.1) is 11.3 Å². The molecule has 2 aromatic carbocycles. The first-order chi connectivity index (χ1) is 13.4. The number of halogens is 4. The highest BCUT2D eigenvalue weighted by Gasteiger charge is 2.31. The van der Waals surface area contributed by atoms with Crippen LogP contribution in [0, 0.1) is 0 Å². The summed E-state index contributed by atoms with van der Waals surface area (Å²) in [5.74, 6) is 0. The number of pyridine rings is 1. The summed E-state index contributed by atoms with van der Waals surface area (Å²) in [6.45, 7) is 0. The SMILES string of the molecule is FC(F)(F)c1ccc(-c2nccc3cc(SNc4nccs4)ccc23)c(Br)c1. The number of fused-ring (bicyclic) bond motifs is 1. The Morgan fingerprint density at radius 1 is 1.00 bits per heavy atom. The molecule has 0 atom stereocenters. The Labute approximate surface area is 175 Å². The van der Waals surface area contributed by atoms with Crippen molar-refractivity contribution in [1.82, 2.24) is 9.97 Å². The number of nitrogens with one attached hydrogen (secondary N) is 1. The van der Waals surface area contributed by atoms with Gasteiger partial charge in [0.2, 0.25) is 0 Å². The van der Waals surface area contributed by atoms with Gasteiger partial charge < -0.3 is 4.72 Å². The zero-order valence-corrected chi connectivity index (χ0v) is 17.2. The molecule has 0 saturated heterocycles. The summed E-state index contributed by atoms with van der Waals surface area (Å²) in [6.07, 6.45) is -0.998. The molecule has 0 radical (unpaired) electrons. The van der Waals surface area contributed by atoms with E-state index in [4.69, 9.17) is 0 Å². The number of anilines is 1. The van der Waals surface area contributed by atoms with Crippen LogP contribution >= 0.6 is 39.2 Å². The maximum atomic E-state index is 12.9. The lowest BCUT2D eigenvalue weighted by atomic mass is 10.0. The van der Waals surface area contributed by atoms with Crippen molar-refractivity contribution >= 4 is 55.1 Å². The molecule has 142 valence electrons.